The first kappa shape index (κ1) is 16.4. The van der Waals surface area contributed by atoms with E-state index in [0.717, 1.165) is 0 Å². The summed E-state index contributed by atoms with van der Waals surface area (Å²) in [6, 6.07) is 12.4. The Morgan fingerprint density at radius 1 is 1.12 bits per heavy atom. The van der Waals surface area contributed by atoms with Gasteiger partial charge in [0.25, 0.3) is 0 Å². The number of nitrogens with zero attached hydrogens (tertiary/aromatic N) is 2. The van der Waals surface area contributed by atoms with Gasteiger partial charge in [0.2, 0.25) is 24.5 Å². The Labute approximate surface area is 153 Å². The van der Waals surface area contributed by atoms with Crippen LogP contribution in [-0.2, 0) is 11.2 Å². The number of carbonyl (C=O) groups excluding carboxylic acids is 1. The number of hydrogen-bond acceptors (Lipinski definition) is 6. The Hall–Kier alpha value is -3.06. The predicted octanol–water partition coefficient (Wildman–Crippen LogP) is 3.69. The molecule has 0 atom stereocenters. The highest BCUT2D eigenvalue weighted by Gasteiger charge is 2.15. The molecular formula is C18H14ClN3O4. The van der Waals surface area contributed by atoms with Crippen molar-refractivity contribution in [2.75, 3.05) is 12.1 Å². The number of benzene rings is 2. The van der Waals surface area contributed by atoms with Crippen molar-refractivity contribution in [3.8, 4) is 23.0 Å². The molecule has 0 radical (unpaired) electrons. The molecule has 3 aromatic rings. The fourth-order valence-electron chi connectivity index (χ4n) is 2.52. The van der Waals surface area contributed by atoms with Crippen molar-refractivity contribution < 1.29 is 18.7 Å². The van der Waals surface area contributed by atoms with Crippen molar-refractivity contribution in [1.82, 2.24) is 10.2 Å². The molecule has 1 aliphatic heterocycles. The molecule has 26 heavy (non-hydrogen) atoms. The normalized spacial score (nSPS) is 12.2. The third-order valence-electron chi connectivity index (χ3n) is 3.79. The summed E-state index contributed by atoms with van der Waals surface area (Å²) >= 11 is 6.12. The van der Waals surface area contributed by atoms with E-state index in [1.807, 2.05) is 12.1 Å². The molecule has 8 heteroatoms. The van der Waals surface area contributed by atoms with Crippen LogP contribution in [0, 0.1) is 0 Å². The summed E-state index contributed by atoms with van der Waals surface area (Å²) < 4.78 is 16.1. The van der Waals surface area contributed by atoms with Crippen LogP contribution in [0.3, 0.4) is 0 Å². The predicted molar refractivity (Wildman–Crippen MR) is 94.3 cm³/mol. The van der Waals surface area contributed by atoms with Crippen molar-refractivity contribution in [3.05, 3.63) is 53.4 Å². The summed E-state index contributed by atoms with van der Waals surface area (Å²) in [5, 5.41) is 11.3. The first-order chi connectivity index (χ1) is 12.7. The van der Waals surface area contributed by atoms with E-state index in [0.29, 0.717) is 46.0 Å². The highest BCUT2D eigenvalue weighted by atomic mass is 35.5. The number of aryl methyl sites for hydroxylation is 1. The number of fused-ring (bicyclic) bond motifs is 1. The quantitative estimate of drug-likeness (QED) is 0.736. The molecule has 0 aliphatic carbocycles. The Balaban J connectivity index is 1.36. The van der Waals surface area contributed by atoms with Gasteiger partial charge in [0.15, 0.2) is 11.5 Å². The van der Waals surface area contributed by atoms with Crippen LogP contribution < -0.4 is 14.8 Å². The van der Waals surface area contributed by atoms with Gasteiger partial charge in [-0.25, -0.2) is 0 Å². The number of hydrogen-bond donors (Lipinski definition) is 1. The molecule has 1 aliphatic rings. The number of carbonyl (C=O) groups is 1. The molecule has 0 saturated carbocycles. The van der Waals surface area contributed by atoms with Gasteiger partial charge in [0.1, 0.15) is 0 Å². The standard InChI is InChI=1S/C18H14ClN3O4/c19-13-4-2-1-3-12(13)18-22-21-17(26-18)8-7-16(23)20-11-5-6-14-15(9-11)25-10-24-14/h1-6,9H,7-8,10H2,(H,20,23). The van der Waals surface area contributed by atoms with Crippen molar-refractivity contribution in [1.29, 1.82) is 0 Å². The second-order valence-electron chi connectivity index (χ2n) is 5.60. The van der Waals surface area contributed by atoms with E-state index in [1.165, 1.54) is 0 Å². The average molecular weight is 372 g/mol. The van der Waals surface area contributed by atoms with Gasteiger partial charge in [-0.1, -0.05) is 23.7 Å². The molecule has 1 amide bonds. The van der Waals surface area contributed by atoms with Crippen molar-refractivity contribution in [2.24, 2.45) is 0 Å². The van der Waals surface area contributed by atoms with Crippen LogP contribution in [0.1, 0.15) is 12.3 Å². The molecular weight excluding hydrogens is 358 g/mol. The second-order valence-corrected chi connectivity index (χ2v) is 6.00. The number of halogens is 1. The Morgan fingerprint density at radius 2 is 1.96 bits per heavy atom. The third kappa shape index (κ3) is 3.48. The van der Waals surface area contributed by atoms with Gasteiger partial charge in [0.05, 0.1) is 10.6 Å². The van der Waals surface area contributed by atoms with E-state index in [9.17, 15) is 4.79 Å². The maximum atomic E-state index is 12.1. The first-order valence-corrected chi connectivity index (χ1v) is 8.33. The lowest BCUT2D eigenvalue weighted by Crippen LogP contribution is -2.12. The zero-order valence-corrected chi connectivity index (χ0v) is 14.3. The second kappa shape index (κ2) is 7.05. The summed E-state index contributed by atoms with van der Waals surface area (Å²) in [6.45, 7) is 0.192. The van der Waals surface area contributed by atoms with Gasteiger partial charge < -0.3 is 19.2 Å². The first-order valence-electron chi connectivity index (χ1n) is 7.96. The van der Waals surface area contributed by atoms with Crippen molar-refractivity contribution in [2.45, 2.75) is 12.8 Å². The summed E-state index contributed by atoms with van der Waals surface area (Å²) in [5.41, 5.74) is 1.30. The van der Waals surface area contributed by atoms with Crippen molar-refractivity contribution in [3.63, 3.8) is 0 Å². The Morgan fingerprint density at radius 3 is 2.85 bits per heavy atom. The number of anilines is 1. The van der Waals surface area contributed by atoms with E-state index < -0.39 is 0 Å². The van der Waals surface area contributed by atoms with E-state index in [1.54, 1.807) is 30.3 Å². The lowest BCUT2D eigenvalue weighted by molar-refractivity contribution is -0.116. The number of nitrogens with one attached hydrogen (secondary N) is 1. The van der Waals surface area contributed by atoms with Crippen LogP contribution in [0.25, 0.3) is 11.5 Å². The third-order valence-corrected chi connectivity index (χ3v) is 4.12. The Bertz CT molecular complexity index is 957. The monoisotopic (exact) mass is 371 g/mol. The molecule has 7 nitrogen and oxygen atoms in total. The molecule has 1 N–H and O–H groups in total. The summed E-state index contributed by atoms with van der Waals surface area (Å²) in [4.78, 5) is 12.1. The van der Waals surface area contributed by atoms with Crippen LogP contribution in [0.15, 0.2) is 46.9 Å². The fraction of sp³-hybridized carbons (Fsp3) is 0.167. The van der Waals surface area contributed by atoms with Crippen LogP contribution in [0.5, 0.6) is 11.5 Å². The lowest BCUT2D eigenvalue weighted by atomic mass is 10.2. The molecule has 132 valence electrons. The van der Waals surface area contributed by atoms with Crippen molar-refractivity contribution >= 4 is 23.2 Å². The summed E-state index contributed by atoms with van der Waals surface area (Å²) in [6.07, 6.45) is 0.534. The minimum atomic E-state index is -0.165. The SMILES string of the molecule is O=C(CCc1nnc(-c2ccccc2Cl)o1)Nc1ccc2c(c1)OCO2. The lowest BCUT2D eigenvalue weighted by Gasteiger charge is -2.05. The number of amides is 1. The van der Waals surface area contributed by atoms with Gasteiger partial charge in [-0.2, -0.15) is 0 Å². The van der Waals surface area contributed by atoms with Gasteiger partial charge >= 0.3 is 0 Å². The maximum absolute atomic E-state index is 12.1. The number of aromatic nitrogens is 2. The van der Waals surface area contributed by atoms with Gasteiger partial charge in [-0.3, -0.25) is 4.79 Å². The molecule has 0 spiro atoms. The largest absolute Gasteiger partial charge is 0.454 e. The average Bonchev–Trinajstić information content (AvgIpc) is 3.29. The maximum Gasteiger partial charge on any atom is 0.249 e. The van der Waals surface area contributed by atoms with Crippen LogP contribution in [0.4, 0.5) is 5.69 Å². The molecule has 4 rings (SSSR count). The van der Waals surface area contributed by atoms with Crippen LogP contribution in [0.2, 0.25) is 5.02 Å². The molecule has 0 saturated heterocycles. The van der Waals surface area contributed by atoms with Gasteiger partial charge in [-0.15, -0.1) is 10.2 Å². The molecule has 1 aromatic heterocycles. The highest BCUT2D eigenvalue weighted by molar-refractivity contribution is 6.33. The molecule has 0 fully saturated rings. The Kier molecular flexibility index (Phi) is 4.45. The minimum Gasteiger partial charge on any atom is -0.454 e. The smallest absolute Gasteiger partial charge is 0.249 e. The zero-order chi connectivity index (χ0) is 17.9. The van der Waals surface area contributed by atoms with E-state index in [-0.39, 0.29) is 19.1 Å². The summed E-state index contributed by atoms with van der Waals surface area (Å²) in [7, 11) is 0. The van der Waals surface area contributed by atoms with Gasteiger partial charge in [0, 0.05) is 24.6 Å². The van der Waals surface area contributed by atoms with E-state index in [2.05, 4.69) is 15.5 Å². The minimum absolute atomic E-state index is 0.165. The summed E-state index contributed by atoms with van der Waals surface area (Å²) in [5.74, 6) is 1.83. The number of ether oxygens (including phenoxy) is 2. The highest BCUT2D eigenvalue weighted by Crippen LogP contribution is 2.34. The molecule has 2 aromatic carbocycles. The number of rotatable bonds is 5. The molecule has 0 bridgehead atoms. The van der Waals surface area contributed by atoms with Gasteiger partial charge in [-0.05, 0) is 24.3 Å². The van der Waals surface area contributed by atoms with E-state index >= 15 is 0 Å². The zero-order valence-electron chi connectivity index (χ0n) is 13.6. The van der Waals surface area contributed by atoms with Crippen LogP contribution in [-0.4, -0.2) is 22.9 Å². The van der Waals surface area contributed by atoms with E-state index in [4.69, 9.17) is 25.5 Å². The molecule has 2 heterocycles. The topological polar surface area (TPSA) is 86.5 Å². The van der Waals surface area contributed by atoms with Crippen LogP contribution >= 0.6 is 11.6 Å². The fourth-order valence-corrected chi connectivity index (χ4v) is 2.73. The molecule has 0 unspecified atom stereocenters.